The molecule has 0 heterocycles. The number of hydrogen-bond acceptors (Lipinski definition) is 2. The molecule has 0 fully saturated rings. The van der Waals surface area contributed by atoms with E-state index in [-0.39, 0.29) is 5.82 Å². The number of ether oxygens (including phenoxy) is 1. The number of methoxy groups -OCH3 is 1. The summed E-state index contributed by atoms with van der Waals surface area (Å²) in [6.07, 6.45) is 0. The Morgan fingerprint density at radius 3 is 2.71 bits per heavy atom. The lowest BCUT2D eigenvalue weighted by molar-refractivity contribution is 0.198. The number of benzene rings is 1. The molecule has 0 saturated carbocycles. The quantitative estimate of drug-likeness (QED) is 0.739. The summed E-state index contributed by atoms with van der Waals surface area (Å²) in [4.78, 5) is 0. The highest BCUT2D eigenvalue weighted by Crippen LogP contribution is 2.24. The van der Waals surface area contributed by atoms with Gasteiger partial charge in [-0.25, -0.2) is 4.39 Å². The molecule has 0 aliphatic rings. The van der Waals surface area contributed by atoms with Gasteiger partial charge in [0.25, 0.3) is 0 Å². The van der Waals surface area contributed by atoms with Gasteiger partial charge in [-0.05, 0) is 29.5 Å². The molecular formula is C14H22FNO. The lowest BCUT2D eigenvalue weighted by Crippen LogP contribution is -2.27. The van der Waals surface area contributed by atoms with Gasteiger partial charge < -0.3 is 10.1 Å². The van der Waals surface area contributed by atoms with Crippen molar-refractivity contribution in [1.82, 2.24) is 5.32 Å². The molecule has 0 radical (unpaired) electrons. The van der Waals surface area contributed by atoms with E-state index in [2.05, 4.69) is 19.2 Å². The van der Waals surface area contributed by atoms with Gasteiger partial charge in [-0.2, -0.15) is 0 Å². The van der Waals surface area contributed by atoms with E-state index >= 15 is 0 Å². The van der Waals surface area contributed by atoms with Gasteiger partial charge in [0.05, 0.1) is 6.61 Å². The van der Waals surface area contributed by atoms with Gasteiger partial charge in [0, 0.05) is 20.2 Å². The lowest BCUT2D eigenvalue weighted by atomic mass is 9.88. The Balaban J connectivity index is 2.59. The lowest BCUT2D eigenvalue weighted by Gasteiger charge is -2.22. The fraction of sp³-hybridized carbons (Fsp3) is 0.571. The third kappa shape index (κ3) is 4.84. The first-order chi connectivity index (χ1) is 8.15. The van der Waals surface area contributed by atoms with E-state index in [1.165, 1.54) is 6.07 Å². The highest BCUT2D eigenvalue weighted by molar-refractivity contribution is 5.21. The minimum atomic E-state index is -0.162. The summed E-state index contributed by atoms with van der Waals surface area (Å²) in [5, 5.41) is 3.34. The molecule has 3 heteroatoms. The van der Waals surface area contributed by atoms with Crippen molar-refractivity contribution in [3.05, 3.63) is 35.6 Å². The first-order valence-corrected chi connectivity index (χ1v) is 6.10. The van der Waals surface area contributed by atoms with Gasteiger partial charge in [0.2, 0.25) is 0 Å². The largest absolute Gasteiger partial charge is 0.383 e. The van der Waals surface area contributed by atoms with E-state index in [1.807, 2.05) is 6.07 Å². The topological polar surface area (TPSA) is 21.3 Å². The molecule has 0 aliphatic heterocycles. The zero-order valence-corrected chi connectivity index (χ0v) is 10.9. The maximum absolute atomic E-state index is 13.2. The summed E-state index contributed by atoms with van der Waals surface area (Å²) < 4.78 is 18.2. The second-order valence-corrected chi connectivity index (χ2v) is 4.60. The van der Waals surface area contributed by atoms with Gasteiger partial charge in [0.15, 0.2) is 0 Å². The van der Waals surface area contributed by atoms with Gasteiger partial charge in [-0.3, -0.25) is 0 Å². The molecule has 0 bridgehead atoms. The normalized spacial score (nSPS) is 13.0. The molecule has 1 N–H and O–H groups in total. The van der Waals surface area contributed by atoms with E-state index in [0.29, 0.717) is 18.4 Å². The summed E-state index contributed by atoms with van der Waals surface area (Å²) in [6, 6.07) is 6.88. The van der Waals surface area contributed by atoms with Gasteiger partial charge >= 0.3 is 0 Å². The molecule has 1 aromatic rings. The Hall–Kier alpha value is -0.930. The minimum absolute atomic E-state index is 0.162. The standard InChI is InChI=1S/C14H22FNO/c1-11(2)14(10-16-7-8-17-3)12-5-4-6-13(15)9-12/h4-6,9,11,14,16H,7-8,10H2,1-3H3. The molecule has 0 aromatic heterocycles. The maximum Gasteiger partial charge on any atom is 0.123 e. The predicted octanol–water partition coefficient (Wildman–Crippen LogP) is 2.80. The van der Waals surface area contributed by atoms with Crippen molar-refractivity contribution >= 4 is 0 Å². The van der Waals surface area contributed by atoms with Crippen molar-refractivity contribution in [1.29, 1.82) is 0 Å². The molecule has 0 amide bonds. The van der Waals surface area contributed by atoms with E-state index in [4.69, 9.17) is 4.74 Å². The fourth-order valence-electron chi connectivity index (χ4n) is 1.91. The molecular weight excluding hydrogens is 217 g/mol. The van der Waals surface area contributed by atoms with E-state index in [0.717, 1.165) is 18.7 Å². The molecule has 1 unspecified atom stereocenters. The SMILES string of the molecule is COCCNCC(c1cccc(F)c1)C(C)C. The Morgan fingerprint density at radius 2 is 2.12 bits per heavy atom. The first-order valence-electron chi connectivity index (χ1n) is 6.10. The predicted molar refractivity (Wildman–Crippen MR) is 68.7 cm³/mol. The average Bonchev–Trinajstić information content (AvgIpc) is 2.28. The number of hydrogen-bond donors (Lipinski definition) is 1. The molecule has 96 valence electrons. The number of halogens is 1. The van der Waals surface area contributed by atoms with Crippen LogP contribution < -0.4 is 5.32 Å². The van der Waals surface area contributed by atoms with Gasteiger partial charge in [-0.15, -0.1) is 0 Å². The molecule has 0 spiro atoms. The second-order valence-electron chi connectivity index (χ2n) is 4.60. The van der Waals surface area contributed by atoms with Crippen molar-refractivity contribution in [3.63, 3.8) is 0 Å². The van der Waals surface area contributed by atoms with Gasteiger partial charge in [-0.1, -0.05) is 26.0 Å². The van der Waals surface area contributed by atoms with Crippen LogP contribution in [0.1, 0.15) is 25.3 Å². The zero-order chi connectivity index (χ0) is 12.7. The Kier molecular flexibility index (Phi) is 6.16. The first kappa shape index (κ1) is 14.1. The van der Waals surface area contributed by atoms with Crippen LogP contribution in [0.5, 0.6) is 0 Å². The van der Waals surface area contributed by atoms with Crippen LogP contribution >= 0.6 is 0 Å². The Bertz CT molecular complexity index is 328. The summed E-state index contributed by atoms with van der Waals surface area (Å²) in [6.45, 7) is 6.70. The van der Waals surface area contributed by atoms with Crippen LogP contribution in [-0.2, 0) is 4.74 Å². The number of nitrogens with one attached hydrogen (secondary N) is 1. The Labute approximate surface area is 103 Å². The van der Waals surface area contributed by atoms with Gasteiger partial charge in [0.1, 0.15) is 5.82 Å². The van der Waals surface area contributed by atoms with Crippen LogP contribution in [-0.4, -0.2) is 26.8 Å². The molecule has 1 rings (SSSR count). The zero-order valence-electron chi connectivity index (χ0n) is 10.9. The number of rotatable bonds is 7. The fourth-order valence-corrected chi connectivity index (χ4v) is 1.91. The van der Waals surface area contributed by atoms with Crippen LogP contribution in [0.4, 0.5) is 4.39 Å². The van der Waals surface area contributed by atoms with Crippen molar-refractivity contribution < 1.29 is 9.13 Å². The summed E-state index contributed by atoms with van der Waals surface area (Å²) >= 11 is 0. The van der Waals surface area contributed by atoms with Crippen molar-refractivity contribution in [3.8, 4) is 0 Å². The van der Waals surface area contributed by atoms with Crippen molar-refractivity contribution in [2.45, 2.75) is 19.8 Å². The summed E-state index contributed by atoms with van der Waals surface area (Å²) in [5.74, 6) is 0.652. The van der Waals surface area contributed by atoms with Crippen LogP contribution in [0.25, 0.3) is 0 Å². The third-order valence-electron chi connectivity index (χ3n) is 2.93. The molecule has 17 heavy (non-hydrogen) atoms. The van der Waals surface area contributed by atoms with Crippen LogP contribution in [0, 0.1) is 11.7 Å². The molecule has 0 saturated heterocycles. The third-order valence-corrected chi connectivity index (χ3v) is 2.93. The summed E-state index contributed by atoms with van der Waals surface area (Å²) in [7, 11) is 1.69. The van der Waals surface area contributed by atoms with E-state index in [1.54, 1.807) is 19.2 Å². The molecule has 1 aromatic carbocycles. The minimum Gasteiger partial charge on any atom is -0.383 e. The van der Waals surface area contributed by atoms with E-state index in [9.17, 15) is 4.39 Å². The van der Waals surface area contributed by atoms with E-state index < -0.39 is 0 Å². The summed E-state index contributed by atoms with van der Waals surface area (Å²) in [5.41, 5.74) is 1.06. The molecule has 0 aliphatic carbocycles. The van der Waals surface area contributed by atoms with Crippen LogP contribution in [0.15, 0.2) is 24.3 Å². The highest BCUT2D eigenvalue weighted by atomic mass is 19.1. The van der Waals surface area contributed by atoms with Crippen molar-refractivity contribution in [2.24, 2.45) is 5.92 Å². The van der Waals surface area contributed by atoms with Crippen LogP contribution in [0.2, 0.25) is 0 Å². The van der Waals surface area contributed by atoms with Crippen molar-refractivity contribution in [2.75, 3.05) is 26.8 Å². The monoisotopic (exact) mass is 239 g/mol. The Morgan fingerprint density at radius 1 is 1.35 bits per heavy atom. The molecule has 2 nitrogen and oxygen atoms in total. The molecule has 1 atom stereocenters. The van der Waals surface area contributed by atoms with Crippen LogP contribution in [0.3, 0.4) is 0 Å². The highest BCUT2D eigenvalue weighted by Gasteiger charge is 2.15. The smallest absolute Gasteiger partial charge is 0.123 e. The maximum atomic E-state index is 13.2. The average molecular weight is 239 g/mol. The second kappa shape index (κ2) is 7.41.